The van der Waals surface area contributed by atoms with Crippen LogP contribution in [0.2, 0.25) is 0 Å². The Morgan fingerprint density at radius 1 is 1.04 bits per heavy atom. The van der Waals surface area contributed by atoms with Gasteiger partial charge in [0.05, 0.1) is 30.4 Å². The fourth-order valence-corrected chi connectivity index (χ4v) is 3.62. The summed E-state index contributed by atoms with van der Waals surface area (Å²) in [4.78, 5) is 37.8. The zero-order chi connectivity index (χ0) is 19.3. The van der Waals surface area contributed by atoms with E-state index in [0.717, 1.165) is 0 Å². The Bertz CT molecular complexity index is 1050. The van der Waals surface area contributed by atoms with Crippen molar-refractivity contribution in [3.05, 3.63) is 70.0 Å². The van der Waals surface area contributed by atoms with Crippen molar-refractivity contribution in [1.82, 2.24) is 0 Å². The number of rotatable bonds is 2. The predicted octanol–water partition coefficient (Wildman–Crippen LogP) is 3.11. The van der Waals surface area contributed by atoms with E-state index in [1.54, 1.807) is 19.1 Å². The van der Waals surface area contributed by atoms with Crippen LogP contribution < -0.4 is 4.74 Å². The first-order valence-corrected chi connectivity index (χ1v) is 8.42. The van der Waals surface area contributed by atoms with Crippen LogP contribution in [0.25, 0.3) is 0 Å². The van der Waals surface area contributed by atoms with Gasteiger partial charge in [0, 0.05) is 22.8 Å². The van der Waals surface area contributed by atoms with E-state index in [2.05, 4.69) is 0 Å². The molecule has 0 fully saturated rings. The van der Waals surface area contributed by atoms with Gasteiger partial charge in [0.2, 0.25) is 0 Å². The number of ketones is 3. The molecular formula is C21H16O6. The highest BCUT2D eigenvalue weighted by molar-refractivity contribution is 6.30. The second-order valence-corrected chi connectivity index (χ2v) is 6.50. The van der Waals surface area contributed by atoms with Crippen LogP contribution in [0.4, 0.5) is 0 Å². The number of allylic oxidation sites excluding steroid dienone is 2. The third kappa shape index (κ3) is 2.52. The van der Waals surface area contributed by atoms with Crippen LogP contribution >= 0.6 is 0 Å². The fraction of sp³-hybridized carbons (Fsp3) is 0.190. The summed E-state index contributed by atoms with van der Waals surface area (Å²) in [5.74, 6) is -0.569. The molecule has 6 nitrogen and oxygen atoms in total. The van der Waals surface area contributed by atoms with Gasteiger partial charge in [-0.3, -0.25) is 14.4 Å². The molecule has 0 radical (unpaired) electrons. The number of ether oxygens (including phenoxy) is 2. The molecule has 27 heavy (non-hydrogen) atoms. The molecule has 2 aromatic carbocycles. The molecule has 136 valence electrons. The van der Waals surface area contributed by atoms with Crippen LogP contribution in [0, 0.1) is 0 Å². The molecule has 1 N–H and O–H groups in total. The number of phenols is 1. The molecule has 0 bridgehead atoms. The quantitative estimate of drug-likeness (QED) is 0.751. The number of hydrogen-bond donors (Lipinski definition) is 1. The van der Waals surface area contributed by atoms with Crippen LogP contribution in [0.1, 0.15) is 56.9 Å². The third-order valence-corrected chi connectivity index (χ3v) is 4.82. The Morgan fingerprint density at radius 2 is 1.74 bits per heavy atom. The van der Waals surface area contributed by atoms with Gasteiger partial charge in [-0.05, 0) is 19.1 Å². The average molecular weight is 364 g/mol. The van der Waals surface area contributed by atoms with E-state index in [1.807, 2.05) is 0 Å². The zero-order valence-corrected chi connectivity index (χ0v) is 14.7. The molecule has 1 heterocycles. The number of aromatic hydroxyl groups is 1. The first-order chi connectivity index (χ1) is 12.9. The van der Waals surface area contributed by atoms with E-state index in [-0.39, 0.29) is 40.2 Å². The lowest BCUT2D eigenvalue weighted by molar-refractivity contribution is -0.118. The maximum Gasteiger partial charge on any atom is 0.198 e. The monoisotopic (exact) mass is 364 g/mol. The smallest absolute Gasteiger partial charge is 0.198 e. The minimum absolute atomic E-state index is 0.0518. The number of fused-ring (bicyclic) bond motifs is 2. The van der Waals surface area contributed by atoms with Crippen LogP contribution in [0.15, 0.2) is 42.2 Å². The van der Waals surface area contributed by atoms with Gasteiger partial charge in [0.25, 0.3) is 0 Å². The van der Waals surface area contributed by atoms with Gasteiger partial charge in [-0.25, -0.2) is 0 Å². The van der Waals surface area contributed by atoms with E-state index in [1.165, 1.54) is 31.4 Å². The van der Waals surface area contributed by atoms with Crippen molar-refractivity contribution in [3.63, 3.8) is 0 Å². The van der Waals surface area contributed by atoms with Crippen molar-refractivity contribution in [3.8, 4) is 11.5 Å². The van der Waals surface area contributed by atoms with E-state index in [9.17, 15) is 19.5 Å². The van der Waals surface area contributed by atoms with Gasteiger partial charge < -0.3 is 14.6 Å². The maximum atomic E-state index is 13.0. The Balaban J connectivity index is 1.87. The number of methoxy groups -OCH3 is 1. The minimum Gasteiger partial charge on any atom is -0.507 e. The summed E-state index contributed by atoms with van der Waals surface area (Å²) in [6, 6.07) is 7.77. The molecule has 0 spiro atoms. The largest absolute Gasteiger partial charge is 0.507 e. The Kier molecular flexibility index (Phi) is 3.84. The second-order valence-electron chi connectivity index (χ2n) is 6.50. The molecule has 0 amide bonds. The van der Waals surface area contributed by atoms with Gasteiger partial charge in [-0.15, -0.1) is 0 Å². The van der Waals surface area contributed by atoms with Crippen molar-refractivity contribution < 1.29 is 29.0 Å². The molecular weight excluding hydrogens is 348 g/mol. The number of carbonyl (C=O) groups is 3. The predicted molar refractivity (Wildman–Crippen MR) is 95.2 cm³/mol. The standard InChI is InChI=1S/C21H16O6/c1-10-8-11(22)9-16(27-10)12-6-7-14-18(19(12)23)21(25)13-4-3-5-15(26-2)17(13)20(14)24/h3-8,16,23H,9H2,1-2H3. The van der Waals surface area contributed by atoms with E-state index in [4.69, 9.17) is 9.47 Å². The van der Waals surface area contributed by atoms with Crippen molar-refractivity contribution in [2.45, 2.75) is 19.4 Å². The highest BCUT2D eigenvalue weighted by Crippen LogP contribution is 2.42. The summed E-state index contributed by atoms with van der Waals surface area (Å²) >= 11 is 0. The number of carbonyl (C=O) groups excluding carboxylic acids is 3. The summed E-state index contributed by atoms with van der Waals surface area (Å²) < 4.78 is 10.9. The lowest BCUT2D eigenvalue weighted by Crippen LogP contribution is -2.23. The number of hydrogen-bond acceptors (Lipinski definition) is 6. The Morgan fingerprint density at radius 3 is 2.44 bits per heavy atom. The molecule has 6 heteroatoms. The Hall–Kier alpha value is -3.41. The highest BCUT2D eigenvalue weighted by atomic mass is 16.5. The number of benzene rings is 2. The van der Waals surface area contributed by atoms with Gasteiger partial charge in [0.15, 0.2) is 17.3 Å². The van der Waals surface area contributed by atoms with Crippen molar-refractivity contribution in [1.29, 1.82) is 0 Å². The third-order valence-electron chi connectivity index (χ3n) is 4.82. The van der Waals surface area contributed by atoms with Gasteiger partial charge >= 0.3 is 0 Å². The summed E-state index contributed by atoms with van der Waals surface area (Å²) in [6.07, 6.45) is 0.738. The summed E-state index contributed by atoms with van der Waals surface area (Å²) in [5, 5.41) is 10.8. The lowest BCUT2D eigenvalue weighted by Gasteiger charge is -2.26. The Labute approximate surface area is 155 Å². The van der Waals surface area contributed by atoms with Crippen molar-refractivity contribution >= 4 is 17.3 Å². The molecule has 2 aromatic rings. The SMILES string of the molecule is COc1cccc2c1C(=O)c1ccc(C3CC(=O)C=C(C)O3)c(O)c1C2=O. The summed E-state index contributed by atoms with van der Waals surface area (Å²) in [5.41, 5.74) is 0.708. The highest BCUT2D eigenvalue weighted by Gasteiger charge is 2.36. The molecule has 0 saturated heterocycles. The first-order valence-electron chi connectivity index (χ1n) is 8.42. The van der Waals surface area contributed by atoms with Crippen LogP contribution in [-0.4, -0.2) is 29.6 Å². The topological polar surface area (TPSA) is 89.9 Å². The molecule has 0 saturated carbocycles. The summed E-state index contributed by atoms with van der Waals surface area (Å²) in [7, 11) is 1.43. The van der Waals surface area contributed by atoms with Crippen molar-refractivity contribution in [2.75, 3.05) is 7.11 Å². The van der Waals surface area contributed by atoms with Gasteiger partial charge in [-0.2, -0.15) is 0 Å². The second kappa shape index (κ2) is 6.09. The average Bonchev–Trinajstić information content (AvgIpc) is 2.64. The van der Waals surface area contributed by atoms with Gasteiger partial charge in [-0.1, -0.05) is 18.2 Å². The van der Waals surface area contributed by atoms with E-state index >= 15 is 0 Å². The minimum atomic E-state index is -0.706. The number of phenolic OH excluding ortho intramolecular Hbond substituents is 1. The normalized spacial score (nSPS) is 18.4. The molecule has 1 atom stereocenters. The van der Waals surface area contributed by atoms with Crippen LogP contribution in [0.3, 0.4) is 0 Å². The van der Waals surface area contributed by atoms with E-state index < -0.39 is 17.7 Å². The molecule has 2 aliphatic rings. The molecule has 1 unspecified atom stereocenters. The molecule has 4 rings (SSSR count). The van der Waals surface area contributed by atoms with E-state index in [0.29, 0.717) is 17.1 Å². The zero-order valence-electron chi connectivity index (χ0n) is 14.7. The molecule has 1 aliphatic carbocycles. The molecule has 0 aromatic heterocycles. The maximum absolute atomic E-state index is 13.0. The lowest BCUT2D eigenvalue weighted by atomic mass is 9.81. The summed E-state index contributed by atoms with van der Waals surface area (Å²) in [6.45, 7) is 1.65. The first kappa shape index (κ1) is 17.0. The van der Waals surface area contributed by atoms with Crippen molar-refractivity contribution in [2.24, 2.45) is 0 Å². The van der Waals surface area contributed by atoms with Gasteiger partial charge in [0.1, 0.15) is 17.6 Å². The molecule has 1 aliphatic heterocycles. The fourth-order valence-electron chi connectivity index (χ4n) is 3.62. The van der Waals surface area contributed by atoms with Crippen LogP contribution in [0.5, 0.6) is 11.5 Å². The van der Waals surface area contributed by atoms with Crippen LogP contribution in [-0.2, 0) is 9.53 Å².